The summed E-state index contributed by atoms with van der Waals surface area (Å²) in [6, 6.07) is 5.12. The van der Waals surface area contributed by atoms with Crippen molar-refractivity contribution in [3.63, 3.8) is 0 Å². The molecule has 5 nitrogen and oxygen atoms in total. The lowest BCUT2D eigenvalue weighted by molar-refractivity contribution is 0.0820. The molecule has 0 saturated heterocycles. The lowest BCUT2D eigenvalue weighted by atomic mass is 9.74. The van der Waals surface area contributed by atoms with Gasteiger partial charge in [0.05, 0.1) is 10.9 Å². The molecule has 0 atom stereocenters. The van der Waals surface area contributed by atoms with Crippen LogP contribution in [0.25, 0.3) is 10.9 Å². The Morgan fingerprint density at radius 2 is 2.13 bits per heavy atom. The fourth-order valence-corrected chi connectivity index (χ4v) is 3.49. The predicted octanol–water partition coefficient (Wildman–Crippen LogP) is 3.14. The lowest BCUT2D eigenvalue weighted by Crippen LogP contribution is -2.52. The number of aromatic nitrogens is 2. The Labute approximate surface area is 139 Å². The monoisotopic (exact) mass is 331 g/mol. The number of H-pyrrole nitrogens is 1. The predicted molar refractivity (Wildman–Crippen MR) is 93.4 cm³/mol. The Morgan fingerprint density at radius 3 is 2.70 bits per heavy atom. The highest BCUT2D eigenvalue weighted by Gasteiger charge is 2.36. The molecule has 1 amide bonds. The van der Waals surface area contributed by atoms with E-state index in [0.717, 1.165) is 25.7 Å². The van der Waals surface area contributed by atoms with E-state index in [1.165, 1.54) is 4.57 Å². The third-order valence-corrected chi connectivity index (χ3v) is 5.25. The standard InChI is InChI=1S/C17H21N3O2S/c1-3-17(8-5-9-17)19-14(21)11-6-7-12-13(10-11)18-16(23)20(4-2)15(12)22/h6-7,10H,3-5,8-9H2,1-2H3,(H,18,23)(H,19,21). The van der Waals surface area contributed by atoms with E-state index < -0.39 is 0 Å². The highest BCUT2D eigenvalue weighted by molar-refractivity contribution is 7.71. The number of hydrogen-bond donors (Lipinski definition) is 2. The number of carbonyl (C=O) groups is 1. The van der Waals surface area contributed by atoms with E-state index in [4.69, 9.17) is 12.2 Å². The van der Waals surface area contributed by atoms with Crippen molar-refractivity contribution in [1.29, 1.82) is 0 Å². The van der Waals surface area contributed by atoms with E-state index in [9.17, 15) is 9.59 Å². The van der Waals surface area contributed by atoms with Crippen LogP contribution in [0, 0.1) is 4.77 Å². The van der Waals surface area contributed by atoms with Crippen molar-refractivity contribution in [3.8, 4) is 0 Å². The van der Waals surface area contributed by atoms with Crippen LogP contribution in [-0.2, 0) is 6.54 Å². The molecular formula is C17H21N3O2S. The molecule has 0 bridgehead atoms. The van der Waals surface area contributed by atoms with Crippen LogP contribution in [0.1, 0.15) is 49.9 Å². The Hall–Kier alpha value is -1.95. The van der Waals surface area contributed by atoms with Gasteiger partial charge in [-0.2, -0.15) is 0 Å². The van der Waals surface area contributed by atoms with Gasteiger partial charge in [-0.15, -0.1) is 0 Å². The molecule has 0 spiro atoms. The van der Waals surface area contributed by atoms with Crippen molar-refractivity contribution in [1.82, 2.24) is 14.9 Å². The summed E-state index contributed by atoms with van der Waals surface area (Å²) in [4.78, 5) is 27.9. The summed E-state index contributed by atoms with van der Waals surface area (Å²) < 4.78 is 1.89. The fraction of sp³-hybridized carbons (Fsp3) is 0.471. The third-order valence-electron chi connectivity index (χ3n) is 4.93. The second kappa shape index (κ2) is 5.92. The molecule has 2 aromatic rings. The van der Waals surface area contributed by atoms with E-state index in [0.29, 0.717) is 27.8 Å². The Kier molecular flexibility index (Phi) is 4.10. The molecule has 1 saturated carbocycles. The first-order valence-electron chi connectivity index (χ1n) is 8.09. The lowest BCUT2D eigenvalue weighted by Gasteiger charge is -2.42. The van der Waals surface area contributed by atoms with E-state index in [-0.39, 0.29) is 17.0 Å². The van der Waals surface area contributed by atoms with Crippen molar-refractivity contribution in [2.75, 3.05) is 0 Å². The highest BCUT2D eigenvalue weighted by Crippen LogP contribution is 2.34. The SMILES string of the molecule is CCn1c(=S)[nH]c2cc(C(=O)NC3(CC)CCC3)ccc2c1=O. The second-order valence-electron chi connectivity index (χ2n) is 6.18. The molecule has 1 heterocycles. The molecule has 1 aromatic carbocycles. The van der Waals surface area contributed by atoms with Gasteiger partial charge in [0.15, 0.2) is 4.77 Å². The molecular weight excluding hydrogens is 310 g/mol. The summed E-state index contributed by atoms with van der Waals surface area (Å²) >= 11 is 5.22. The van der Waals surface area contributed by atoms with Crippen LogP contribution >= 0.6 is 12.2 Å². The molecule has 6 heteroatoms. The zero-order valence-corrected chi connectivity index (χ0v) is 14.3. The Balaban J connectivity index is 1.99. The summed E-state index contributed by atoms with van der Waals surface area (Å²) in [5.74, 6) is -0.0903. The van der Waals surface area contributed by atoms with Gasteiger partial charge >= 0.3 is 0 Å². The summed E-state index contributed by atoms with van der Waals surface area (Å²) in [5, 5.41) is 3.70. The van der Waals surface area contributed by atoms with Crippen molar-refractivity contribution >= 4 is 29.0 Å². The van der Waals surface area contributed by atoms with Gasteiger partial charge in [-0.1, -0.05) is 6.92 Å². The normalized spacial score (nSPS) is 16.1. The molecule has 1 aliphatic rings. The van der Waals surface area contributed by atoms with Gasteiger partial charge in [0.2, 0.25) is 0 Å². The first kappa shape index (κ1) is 15.9. The molecule has 0 aliphatic heterocycles. The maximum Gasteiger partial charge on any atom is 0.262 e. The topological polar surface area (TPSA) is 66.9 Å². The summed E-state index contributed by atoms with van der Waals surface area (Å²) in [5.41, 5.74) is 0.986. The van der Waals surface area contributed by atoms with Crippen molar-refractivity contribution in [2.24, 2.45) is 0 Å². The van der Waals surface area contributed by atoms with Crippen LogP contribution in [0.2, 0.25) is 0 Å². The largest absolute Gasteiger partial charge is 0.347 e. The average molecular weight is 331 g/mol. The quantitative estimate of drug-likeness (QED) is 0.846. The van der Waals surface area contributed by atoms with E-state index in [1.54, 1.807) is 18.2 Å². The Bertz CT molecular complexity index is 872. The molecule has 1 aliphatic carbocycles. The number of benzene rings is 1. The number of aromatic amines is 1. The number of rotatable bonds is 4. The molecule has 1 fully saturated rings. The van der Waals surface area contributed by atoms with Gasteiger partial charge in [0.25, 0.3) is 11.5 Å². The van der Waals surface area contributed by atoms with Crippen LogP contribution < -0.4 is 10.9 Å². The highest BCUT2D eigenvalue weighted by atomic mass is 32.1. The number of amides is 1. The van der Waals surface area contributed by atoms with E-state index >= 15 is 0 Å². The smallest absolute Gasteiger partial charge is 0.262 e. The number of carbonyl (C=O) groups excluding carboxylic acids is 1. The first-order chi connectivity index (χ1) is 11.0. The zero-order chi connectivity index (χ0) is 16.6. The summed E-state index contributed by atoms with van der Waals surface area (Å²) in [7, 11) is 0. The first-order valence-corrected chi connectivity index (χ1v) is 8.50. The maximum atomic E-state index is 12.5. The van der Waals surface area contributed by atoms with Crippen molar-refractivity contribution < 1.29 is 4.79 Å². The molecule has 1 aromatic heterocycles. The summed E-state index contributed by atoms with van der Waals surface area (Å²) in [6.07, 6.45) is 4.17. The van der Waals surface area contributed by atoms with E-state index in [1.807, 2.05) is 6.92 Å². The van der Waals surface area contributed by atoms with Gasteiger partial charge in [0, 0.05) is 17.6 Å². The molecule has 0 unspecified atom stereocenters. The second-order valence-corrected chi connectivity index (χ2v) is 6.57. The zero-order valence-electron chi connectivity index (χ0n) is 13.4. The Morgan fingerprint density at radius 1 is 1.39 bits per heavy atom. The van der Waals surface area contributed by atoms with Crippen LogP contribution in [0.15, 0.2) is 23.0 Å². The van der Waals surface area contributed by atoms with Gasteiger partial charge in [-0.05, 0) is 63.0 Å². The van der Waals surface area contributed by atoms with E-state index in [2.05, 4.69) is 17.2 Å². The van der Waals surface area contributed by atoms with Gasteiger partial charge in [-0.25, -0.2) is 0 Å². The molecule has 2 N–H and O–H groups in total. The third kappa shape index (κ3) is 2.72. The summed E-state index contributed by atoms with van der Waals surface area (Å²) in [6.45, 7) is 4.50. The molecule has 0 radical (unpaired) electrons. The number of nitrogens with zero attached hydrogens (tertiary/aromatic N) is 1. The van der Waals surface area contributed by atoms with Gasteiger partial charge in [0.1, 0.15) is 0 Å². The maximum absolute atomic E-state index is 12.5. The molecule has 23 heavy (non-hydrogen) atoms. The van der Waals surface area contributed by atoms with Crippen LogP contribution in [0.4, 0.5) is 0 Å². The minimum atomic E-state index is -0.123. The number of fused-ring (bicyclic) bond motifs is 1. The minimum absolute atomic E-state index is 0.0510. The van der Waals surface area contributed by atoms with Crippen LogP contribution in [0.5, 0.6) is 0 Å². The number of hydrogen-bond acceptors (Lipinski definition) is 3. The van der Waals surface area contributed by atoms with Crippen LogP contribution in [-0.4, -0.2) is 21.0 Å². The fourth-order valence-electron chi connectivity index (χ4n) is 3.17. The molecule has 122 valence electrons. The van der Waals surface area contributed by atoms with Crippen molar-refractivity contribution in [2.45, 2.75) is 51.6 Å². The minimum Gasteiger partial charge on any atom is -0.347 e. The van der Waals surface area contributed by atoms with Gasteiger partial charge in [-0.3, -0.25) is 14.2 Å². The van der Waals surface area contributed by atoms with Crippen LogP contribution in [0.3, 0.4) is 0 Å². The van der Waals surface area contributed by atoms with Gasteiger partial charge < -0.3 is 10.3 Å². The average Bonchev–Trinajstić information content (AvgIpc) is 2.50. The molecule has 3 rings (SSSR count). The van der Waals surface area contributed by atoms with Crippen molar-refractivity contribution in [3.05, 3.63) is 38.9 Å². The number of nitrogens with one attached hydrogen (secondary N) is 2.